The Kier molecular flexibility index (Phi) is 3.96. The molecule has 1 aliphatic rings. The standard InChI is InChI=1S/C16H20BrNO2/c1-5-10-7-9(3)8-11(17)12(10)13-14(19)16(4,6-2)18-15(13)20/h7-8,19H,5-6H2,1-4H3,(H,18,20). The second-order valence-electron chi connectivity index (χ2n) is 5.50. The number of carbonyl (C=O) groups excluding carboxylic acids is 1. The molecule has 0 radical (unpaired) electrons. The molecule has 108 valence electrons. The fourth-order valence-corrected chi connectivity index (χ4v) is 3.43. The topological polar surface area (TPSA) is 49.3 Å². The summed E-state index contributed by atoms with van der Waals surface area (Å²) in [5, 5.41) is 13.4. The average molecular weight is 338 g/mol. The molecule has 0 saturated heterocycles. The van der Waals surface area contributed by atoms with E-state index in [1.54, 1.807) is 0 Å². The van der Waals surface area contributed by atoms with Crippen LogP contribution in [0.2, 0.25) is 0 Å². The van der Waals surface area contributed by atoms with Gasteiger partial charge in [-0.1, -0.05) is 35.8 Å². The fourth-order valence-electron chi connectivity index (χ4n) is 2.62. The van der Waals surface area contributed by atoms with E-state index < -0.39 is 5.54 Å². The molecular weight excluding hydrogens is 318 g/mol. The van der Waals surface area contributed by atoms with E-state index >= 15 is 0 Å². The van der Waals surface area contributed by atoms with Crippen molar-refractivity contribution in [1.82, 2.24) is 5.32 Å². The van der Waals surface area contributed by atoms with Gasteiger partial charge in [0.1, 0.15) is 5.76 Å². The van der Waals surface area contributed by atoms with Crippen LogP contribution in [0.1, 0.15) is 43.9 Å². The zero-order valence-corrected chi connectivity index (χ0v) is 13.9. The van der Waals surface area contributed by atoms with Gasteiger partial charge in [-0.3, -0.25) is 4.79 Å². The monoisotopic (exact) mass is 337 g/mol. The highest BCUT2D eigenvalue weighted by Crippen LogP contribution is 2.38. The van der Waals surface area contributed by atoms with Gasteiger partial charge >= 0.3 is 0 Å². The molecule has 3 nitrogen and oxygen atoms in total. The van der Waals surface area contributed by atoms with Crippen LogP contribution in [0.15, 0.2) is 22.4 Å². The molecule has 0 bridgehead atoms. The Morgan fingerprint density at radius 1 is 1.35 bits per heavy atom. The first-order chi connectivity index (χ1) is 9.34. The highest BCUT2D eigenvalue weighted by Gasteiger charge is 2.42. The van der Waals surface area contributed by atoms with Gasteiger partial charge in [-0.05, 0) is 43.9 Å². The average Bonchev–Trinajstić information content (AvgIpc) is 2.61. The van der Waals surface area contributed by atoms with Crippen molar-refractivity contribution in [1.29, 1.82) is 0 Å². The molecule has 1 aromatic carbocycles. The van der Waals surface area contributed by atoms with E-state index in [0.29, 0.717) is 12.0 Å². The van der Waals surface area contributed by atoms with Crippen molar-refractivity contribution in [2.24, 2.45) is 0 Å². The fraction of sp³-hybridized carbons (Fsp3) is 0.438. The van der Waals surface area contributed by atoms with E-state index in [9.17, 15) is 9.90 Å². The molecule has 0 saturated carbocycles. The number of aryl methyl sites for hydroxylation is 2. The number of hydrogen-bond acceptors (Lipinski definition) is 2. The number of halogens is 1. The largest absolute Gasteiger partial charge is 0.509 e. The van der Waals surface area contributed by atoms with Crippen LogP contribution in [0.3, 0.4) is 0 Å². The van der Waals surface area contributed by atoms with E-state index in [1.807, 2.05) is 33.8 Å². The minimum atomic E-state index is -0.665. The Balaban J connectivity index is 2.71. The maximum Gasteiger partial charge on any atom is 0.256 e. The Morgan fingerprint density at radius 2 is 2.00 bits per heavy atom. The molecule has 4 heteroatoms. The summed E-state index contributed by atoms with van der Waals surface area (Å²) >= 11 is 3.54. The van der Waals surface area contributed by atoms with Gasteiger partial charge in [0.15, 0.2) is 0 Å². The first-order valence-electron chi connectivity index (χ1n) is 6.89. The minimum absolute atomic E-state index is 0.143. The Bertz CT molecular complexity index is 607. The summed E-state index contributed by atoms with van der Waals surface area (Å²) in [5.41, 5.74) is 2.74. The van der Waals surface area contributed by atoms with Crippen molar-refractivity contribution < 1.29 is 9.90 Å². The number of aliphatic hydroxyl groups excluding tert-OH is 1. The van der Waals surface area contributed by atoms with Crippen molar-refractivity contribution in [2.45, 2.75) is 46.1 Å². The molecule has 2 rings (SSSR count). The summed E-state index contributed by atoms with van der Waals surface area (Å²) in [5.74, 6) is -0.0599. The van der Waals surface area contributed by atoms with E-state index in [1.165, 1.54) is 0 Å². The first-order valence-corrected chi connectivity index (χ1v) is 7.69. The van der Waals surface area contributed by atoms with E-state index in [-0.39, 0.29) is 11.7 Å². The number of rotatable bonds is 3. The van der Waals surface area contributed by atoms with Gasteiger partial charge in [0.25, 0.3) is 5.91 Å². The van der Waals surface area contributed by atoms with Crippen LogP contribution in [-0.4, -0.2) is 16.6 Å². The van der Waals surface area contributed by atoms with Crippen LogP contribution in [0.5, 0.6) is 0 Å². The normalized spacial score (nSPS) is 22.4. The molecule has 1 aromatic rings. The van der Waals surface area contributed by atoms with E-state index in [4.69, 9.17) is 0 Å². The molecule has 0 fully saturated rings. The van der Waals surface area contributed by atoms with E-state index in [0.717, 1.165) is 27.6 Å². The second kappa shape index (κ2) is 5.24. The number of benzene rings is 1. The predicted molar refractivity (Wildman–Crippen MR) is 84.6 cm³/mol. The summed E-state index contributed by atoms with van der Waals surface area (Å²) in [6, 6.07) is 4.04. The second-order valence-corrected chi connectivity index (χ2v) is 6.35. The number of nitrogens with one attached hydrogen (secondary N) is 1. The van der Waals surface area contributed by atoms with Crippen molar-refractivity contribution >= 4 is 27.4 Å². The minimum Gasteiger partial charge on any atom is -0.509 e. The molecule has 20 heavy (non-hydrogen) atoms. The van der Waals surface area contributed by atoms with Crippen LogP contribution in [0, 0.1) is 6.92 Å². The molecule has 2 N–H and O–H groups in total. The van der Waals surface area contributed by atoms with Gasteiger partial charge in [0, 0.05) is 10.0 Å². The quantitative estimate of drug-likeness (QED) is 0.879. The molecule has 0 aromatic heterocycles. The maximum absolute atomic E-state index is 12.3. The van der Waals surface area contributed by atoms with E-state index in [2.05, 4.69) is 27.3 Å². The zero-order valence-electron chi connectivity index (χ0n) is 12.3. The zero-order chi connectivity index (χ0) is 15.1. The first kappa shape index (κ1) is 15.1. The van der Waals surface area contributed by atoms with Crippen LogP contribution in [0.4, 0.5) is 0 Å². The molecule has 1 aliphatic heterocycles. The summed E-state index contributed by atoms with van der Waals surface area (Å²) < 4.78 is 0.853. The molecular formula is C16H20BrNO2. The Morgan fingerprint density at radius 3 is 2.50 bits per heavy atom. The summed E-state index contributed by atoms with van der Waals surface area (Å²) in [7, 11) is 0. The molecule has 1 unspecified atom stereocenters. The third-order valence-electron chi connectivity index (χ3n) is 4.03. The number of carbonyl (C=O) groups is 1. The summed E-state index contributed by atoms with van der Waals surface area (Å²) in [4.78, 5) is 12.3. The Labute approximate surface area is 128 Å². The highest BCUT2D eigenvalue weighted by molar-refractivity contribution is 9.10. The van der Waals surface area contributed by atoms with Crippen molar-refractivity contribution in [2.75, 3.05) is 0 Å². The maximum atomic E-state index is 12.3. The molecule has 1 atom stereocenters. The molecule has 1 heterocycles. The number of hydrogen-bond donors (Lipinski definition) is 2. The van der Waals surface area contributed by atoms with Crippen LogP contribution in [-0.2, 0) is 11.2 Å². The third kappa shape index (κ3) is 2.26. The van der Waals surface area contributed by atoms with Gasteiger partial charge in [-0.15, -0.1) is 0 Å². The van der Waals surface area contributed by atoms with Gasteiger partial charge < -0.3 is 10.4 Å². The lowest BCUT2D eigenvalue weighted by Crippen LogP contribution is -2.40. The van der Waals surface area contributed by atoms with Crippen LogP contribution in [0.25, 0.3) is 5.57 Å². The SMILES string of the molecule is CCc1cc(C)cc(Br)c1C1=C(O)C(C)(CC)NC1=O. The molecule has 0 aliphatic carbocycles. The van der Waals surface area contributed by atoms with Crippen molar-refractivity contribution in [3.8, 4) is 0 Å². The van der Waals surface area contributed by atoms with Crippen LogP contribution >= 0.6 is 15.9 Å². The summed E-state index contributed by atoms with van der Waals surface area (Å²) in [6.45, 7) is 7.87. The summed E-state index contributed by atoms with van der Waals surface area (Å²) in [6.07, 6.45) is 1.46. The van der Waals surface area contributed by atoms with Crippen molar-refractivity contribution in [3.63, 3.8) is 0 Å². The van der Waals surface area contributed by atoms with Gasteiger partial charge in [-0.25, -0.2) is 0 Å². The van der Waals surface area contributed by atoms with Crippen molar-refractivity contribution in [3.05, 3.63) is 39.1 Å². The predicted octanol–water partition coefficient (Wildman–Crippen LogP) is 3.89. The lowest BCUT2D eigenvalue weighted by Gasteiger charge is -2.22. The number of aliphatic hydroxyl groups is 1. The number of amides is 1. The Hall–Kier alpha value is -1.29. The van der Waals surface area contributed by atoms with Gasteiger partial charge in [0.05, 0.1) is 11.1 Å². The smallest absolute Gasteiger partial charge is 0.256 e. The lowest BCUT2D eigenvalue weighted by molar-refractivity contribution is -0.116. The van der Waals surface area contributed by atoms with Crippen LogP contribution < -0.4 is 5.32 Å². The third-order valence-corrected chi connectivity index (χ3v) is 4.66. The molecule has 1 amide bonds. The highest BCUT2D eigenvalue weighted by atomic mass is 79.9. The van der Waals surface area contributed by atoms with Gasteiger partial charge in [-0.2, -0.15) is 0 Å². The lowest BCUT2D eigenvalue weighted by atomic mass is 9.92. The van der Waals surface area contributed by atoms with Gasteiger partial charge in [0.2, 0.25) is 0 Å². The molecule has 0 spiro atoms.